The normalized spacial score (nSPS) is 16.3. The lowest BCUT2D eigenvalue weighted by molar-refractivity contribution is -0.121. The maximum atomic E-state index is 13.7. The minimum Gasteiger partial charge on any atom is -0.367 e. The molecule has 2 rings (SSSR count). The Morgan fingerprint density at radius 1 is 1.24 bits per heavy atom. The van der Waals surface area contributed by atoms with Crippen molar-refractivity contribution in [2.45, 2.75) is 26.3 Å². The van der Waals surface area contributed by atoms with Crippen molar-refractivity contribution in [2.24, 2.45) is 0 Å². The van der Waals surface area contributed by atoms with E-state index in [0.29, 0.717) is 12.1 Å². The van der Waals surface area contributed by atoms with Crippen molar-refractivity contribution >= 4 is 11.6 Å². The van der Waals surface area contributed by atoms with Gasteiger partial charge in [0.1, 0.15) is 5.82 Å². The lowest BCUT2D eigenvalue weighted by atomic mass is 10.2. The first-order chi connectivity index (χ1) is 10.1. The molecule has 1 aliphatic heterocycles. The number of benzene rings is 1. The summed E-state index contributed by atoms with van der Waals surface area (Å²) in [5, 5.41) is 2.90. The zero-order chi connectivity index (χ0) is 15.2. The highest BCUT2D eigenvalue weighted by Gasteiger charge is 2.19. The van der Waals surface area contributed by atoms with Gasteiger partial charge in [-0.05, 0) is 26.0 Å². The van der Waals surface area contributed by atoms with E-state index in [2.05, 4.69) is 15.1 Å². The fraction of sp³-hybridized carbons (Fsp3) is 0.562. The molecule has 0 aliphatic carbocycles. The first-order valence-corrected chi connectivity index (χ1v) is 7.57. The molecular weight excluding hydrogens is 269 g/mol. The molecule has 1 aromatic carbocycles. The molecule has 1 aliphatic rings. The number of carbonyl (C=O) groups is 1. The molecule has 1 saturated heterocycles. The number of carbonyl (C=O) groups excluding carboxylic acids is 1. The number of hydrogen-bond donors (Lipinski definition) is 1. The van der Waals surface area contributed by atoms with Gasteiger partial charge in [0.15, 0.2) is 0 Å². The zero-order valence-corrected chi connectivity index (χ0v) is 12.8. The number of anilines is 1. The zero-order valence-electron chi connectivity index (χ0n) is 12.8. The maximum Gasteiger partial charge on any atom is 0.221 e. The molecule has 1 N–H and O–H groups in total. The molecule has 1 aromatic rings. The number of hydrogen-bond acceptors (Lipinski definition) is 3. The standard InChI is InChI=1S/C16H24FN3O/c1-13(2)18-16(21)7-8-19-9-11-20(12-10-19)15-6-4-3-5-14(15)17/h3-6,13H,7-12H2,1-2H3,(H,18,21). The van der Waals surface area contributed by atoms with Crippen LogP contribution < -0.4 is 10.2 Å². The monoisotopic (exact) mass is 293 g/mol. The molecule has 0 aromatic heterocycles. The van der Waals surface area contributed by atoms with Gasteiger partial charge in [0.05, 0.1) is 5.69 Å². The molecule has 116 valence electrons. The quantitative estimate of drug-likeness (QED) is 0.900. The van der Waals surface area contributed by atoms with Crippen LogP contribution in [-0.2, 0) is 4.79 Å². The Balaban J connectivity index is 1.76. The van der Waals surface area contributed by atoms with Crippen molar-refractivity contribution in [3.05, 3.63) is 30.1 Å². The third kappa shape index (κ3) is 4.70. The van der Waals surface area contributed by atoms with Gasteiger partial charge in [-0.15, -0.1) is 0 Å². The van der Waals surface area contributed by atoms with Gasteiger partial charge < -0.3 is 10.2 Å². The number of rotatable bonds is 5. The van der Waals surface area contributed by atoms with E-state index in [9.17, 15) is 9.18 Å². The first-order valence-electron chi connectivity index (χ1n) is 7.57. The third-order valence-corrected chi connectivity index (χ3v) is 3.67. The number of nitrogens with zero attached hydrogens (tertiary/aromatic N) is 2. The summed E-state index contributed by atoms with van der Waals surface area (Å²) in [6, 6.07) is 7.08. The van der Waals surface area contributed by atoms with Crippen LogP contribution in [-0.4, -0.2) is 49.6 Å². The number of nitrogens with one attached hydrogen (secondary N) is 1. The highest BCUT2D eigenvalue weighted by molar-refractivity contribution is 5.76. The van der Waals surface area contributed by atoms with Crippen LogP contribution in [0.25, 0.3) is 0 Å². The van der Waals surface area contributed by atoms with Gasteiger partial charge in [-0.25, -0.2) is 4.39 Å². The predicted octanol–water partition coefficient (Wildman–Crippen LogP) is 1.86. The number of piperazine rings is 1. The van der Waals surface area contributed by atoms with Gasteiger partial charge in [-0.2, -0.15) is 0 Å². The van der Waals surface area contributed by atoms with Crippen LogP contribution in [0.4, 0.5) is 10.1 Å². The summed E-state index contributed by atoms with van der Waals surface area (Å²) in [4.78, 5) is 16.0. The van der Waals surface area contributed by atoms with E-state index in [1.54, 1.807) is 6.07 Å². The van der Waals surface area contributed by atoms with Crippen molar-refractivity contribution in [1.29, 1.82) is 0 Å². The molecule has 1 heterocycles. The van der Waals surface area contributed by atoms with Crippen molar-refractivity contribution in [2.75, 3.05) is 37.6 Å². The Bertz CT molecular complexity index is 470. The van der Waals surface area contributed by atoms with E-state index in [1.165, 1.54) is 6.07 Å². The van der Waals surface area contributed by atoms with Crippen LogP contribution in [0.1, 0.15) is 20.3 Å². The molecule has 5 heteroatoms. The summed E-state index contributed by atoms with van der Waals surface area (Å²) < 4.78 is 13.7. The molecule has 4 nitrogen and oxygen atoms in total. The van der Waals surface area contributed by atoms with Crippen LogP contribution in [0.5, 0.6) is 0 Å². The molecule has 0 saturated carbocycles. The molecule has 0 spiro atoms. The lowest BCUT2D eigenvalue weighted by Gasteiger charge is -2.36. The summed E-state index contributed by atoms with van der Waals surface area (Å²) in [5.41, 5.74) is 0.676. The second kappa shape index (κ2) is 7.41. The smallest absolute Gasteiger partial charge is 0.221 e. The van der Waals surface area contributed by atoms with Crippen LogP contribution >= 0.6 is 0 Å². The molecule has 0 radical (unpaired) electrons. The molecule has 1 amide bonds. The maximum absolute atomic E-state index is 13.7. The van der Waals surface area contributed by atoms with Crippen LogP contribution in [0.2, 0.25) is 0 Å². The van der Waals surface area contributed by atoms with E-state index >= 15 is 0 Å². The van der Waals surface area contributed by atoms with Gasteiger partial charge in [-0.1, -0.05) is 12.1 Å². The second-order valence-electron chi connectivity index (χ2n) is 5.75. The summed E-state index contributed by atoms with van der Waals surface area (Å²) in [5.74, 6) is -0.0659. The fourth-order valence-electron chi connectivity index (χ4n) is 2.57. The summed E-state index contributed by atoms with van der Waals surface area (Å²) >= 11 is 0. The Morgan fingerprint density at radius 3 is 2.52 bits per heavy atom. The first kappa shape index (κ1) is 15.8. The topological polar surface area (TPSA) is 35.6 Å². The number of halogens is 1. The van der Waals surface area contributed by atoms with Crippen molar-refractivity contribution in [3.63, 3.8) is 0 Å². The third-order valence-electron chi connectivity index (χ3n) is 3.67. The predicted molar refractivity (Wildman–Crippen MR) is 82.9 cm³/mol. The second-order valence-corrected chi connectivity index (χ2v) is 5.75. The van der Waals surface area contributed by atoms with Gasteiger partial charge in [0, 0.05) is 45.2 Å². The highest BCUT2D eigenvalue weighted by Crippen LogP contribution is 2.20. The number of amides is 1. The van der Waals surface area contributed by atoms with E-state index < -0.39 is 0 Å². The SMILES string of the molecule is CC(C)NC(=O)CCN1CCN(c2ccccc2F)CC1. The number of para-hydroxylation sites is 1. The Labute approximate surface area is 125 Å². The van der Waals surface area contributed by atoms with Crippen molar-refractivity contribution in [3.8, 4) is 0 Å². The van der Waals surface area contributed by atoms with Gasteiger partial charge in [0.2, 0.25) is 5.91 Å². The molecule has 0 bridgehead atoms. The van der Waals surface area contributed by atoms with Gasteiger partial charge in [0.25, 0.3) is 0 Å². The molecule has 0 atom stereocenters. The Kier molecular flexibility index (Phi) is 5.56. The molecule has 0 unspecified atom stereocenters. The minimum absolute atomic E-state index is 0.0986. The fourth-order valence-corrected chi connectivity index (χ4v) is 2.57. The average Bonchev–Trinajstić information content (AvgIpc) is 2.46. The molecular formula is C16H24FN3O. The van der Waals surface area contributed by atoms with E-state index in [4.69, 9.17) is 0 Å². The molecule has 21 heavy (non-hydrogen) atoms. The highest BCUT2D eigenvalue weighted by atomic mass is 19.1. The Morgan fingerprint density at radius 2 is 1.90 bits per heavy atom. The minimum atomic E-state index is -0.165. The van der Waals surface area contributed by atoms with Crippen LogP contribution in [0.3, 0.4) is 0 Å². The largest absolute Gasteiger partial charge is 0.367 e. The van der Waals surface area contributed by atoms with Gasteiger partial charge >= 0.3 is 0 Å². The average molecular weight is 293 g/mol. The van der Waals surface area contributed by atoms with Gasteiger partial charge in [-0.3, -0.25) is 9.69 Å². The lowest BCUT2D eigenvalue weighted by Crippen LogP contribution is -2.47. The molecule has 1 fully saturated rings. The van der Waals surface area contributed by atoms with Crippen LogP contribution in [0.15, 0.2) is 24.3 Å². The summed E-state index contributed by atoms with van der Waals surface area (Å²) in [6.45, 7) is 8.02. The van der Waals surface area contributed by atoms with Crippen molar-refractivity contribution in [1.82, 2.24) is 10.2 Å². The summed E-state index contributed by atoms with van der Waals surface area (Å²) in [6.07, 6.45) is 0.526. The van der Waals surface area contributed by atoms with Crippen LogP contribution in [0, 0.1) is 5.82 Å². The van der Waals surface area contributed by atoms with E-state index in [-0.39, 0.29) is 17.8 Å². The van der Waals surface area contributed by atoms with Crippen molar-refractivity contribution < 1.29 is 9.18 Å². The Hall–Kier alpha value is -1.62. The van der Waals surface area contributed by atoms with E-state index in [1.807, 2.05) is 26.0 Å². The summed E-state index contributed by atoms with van der Waals surface area (Å²) in [7, 11) is 0. The van der Waals surface area contributed by atoms with E-state index in [0.717, 1.165) is 32.7 Å².